The molecule has 0 aliphatic carbocycles. The molecule has 0 aliphatic rings. The summed E-state index contributed by atoms with van der Waals surface area (Å²) in [5, 5.41) is 20.1. The second kappa shape index (κ2) is 6.53. The maximum Gasteiger partial charge on any atom is 0.337 e. The highest BCUT2D eigenvalue weighted by Gasteiger charge is 2.15. The van der Waals surface area contributed by atoms with Crippen molar-refractivity contribution < 1.29 is 24.6 Å². The van der Waals surface area contributed by atoms with E-state index in [1.807, 2.05) is 0 Å². The van der Waals surface area contributed by atoms with Crippen molar-refractivity contribution in [3.05, 3.63) is 29.8 Å². The van der Waals surface area contributed by atoms with Crippen molar-refractivity contribution in [2.75, 3.05) is 5.32 Å². The van der Waals surface area contributed by atoms with Crippen LogP contribution in [0.25, 0.3) is 0 Å². The summed E-state index contributed by atoms with van der Waals surface area (Å²) >= 11 is 0. The molecule has 6 heteroatoms. The topological polar surface area (TPSA) is 104 Å². The second-order valence-electron chi connectivity index (χ2n) is 4.18. The molecule has 1 rings (SSSR count). The van der Waals surface area contributed by atoms with Gasteiger partial charge < -0.3 is 15.5 Å². The van der Waals surface area contributed by atoms with Crippen LogP contribution in [0.2, 0.25) is 0 Å². The molecule has 0 fully saturated rings. The van der Waals surface area contributed by atoms with Gasteiger partial charge >= 0.3 is 11.9 Å². The van der Waals surface area contributed by atoms with Crippen molar-refractivity contribution in [3.63, 3.8) is 0 Å². The molecule has 1 amide bonds. The largest absolute Gasteiger partial charge is 0.481 e. The Morgan fingerprint density at radius 1 is 1.21 bits per heavy atom. The number of rotatable bonds is 6. The number of aromatic carboxylic acids is 1. The van der Waals surface area contributed by atoms with E-state index in [4.69, 9.17) is 10.2 Å². The zero-order valence-corrected chi connectivity index (χ0v) is 10.4. The minimum absolute atomic E-state index is 0.00198. The average molecular weight is 265 g/mol. The van der Waals surface area contributed by atoms with Gasteiger partial charge in [0.1, 0.15) is 0 Å². The molecular weight excluding hydrogens is 250 g/mol. The molecule has 0 aliphatic heterocycles. The molecule has 0 aromatic heterocycles. The van der Waals surface area contributed by atoms with Gasteiger partial charge in [-0.25, -0.2) is 4.79 Å². The third kappa shape index (κ3) is 4.42. The van der Waals surface area contributed by atoms with E-state index in [1.54, 1.807) is 12.1 Å². The first-order valence-corrected chi connectivity index (χ1v) is 5.76. The van der Waals surface area contributed by atoms with E-state index in [-0.39, 0.29) is 24.1 Å². The standard InChI is InChI=1S/C13H15NO5/c1-8(12(16)17)6-7-11(15)14-10-5-3-2-4-9(10)13(18)19/h2-5,8H,6-7H2,1H3,(H,14,15)(H,16,17)(H,18,19)/t8-/m1/s1. The summed E-state index contributed by atoms with van der Waals surface area (Å²) in [6.07, 6.45) is 0.234. The van der Waals surface area contributed by atoms with Gasteiger partial charge in [0.15, 0.2) is 0 Å². The quantitative estimate of drug-likeness (QED) is 0.727. The van der Waals surface area contributed by atoms with Gasteiger partial charge in [-0.3, -0.25) is 9.59 Å². The number of hydrogen-bond donors (Lipinski definition) is 3. The molecule has 0 unspecified atom stereocenters. The molecule has 1 aromatic rings. The molecule has 102 valence electrons. The minimum Gasteiger partial charge on any atom is -0.481 e. The number of aliphatic carboxylic acids is 1. The lowest BCUT2D eigenvalue weighted by Gasteiger charge is -2.09. The Labute approximate surface area is 110 Å². The van der Waals surface area contributed by atoms with Crippen LogP contribution in [-0.4, -0.2) is 28.1 Å². The predicted molar refractivity (Wildman–Crippen MR) is 68.1 cm³/mol. The highest BCUT2D eigenvalue weighted by molar-refractivity contribution is 6.00. The van der Waals surface area contributed by atoms with Gasteiger partial charge in [0.05, 0.1) is 17.2 Å². The summed E-state index contributed by atoms with van der Waals surface area (Å²) < 4.78 is 0. The Morgan fingerprint density at radius 3 is 2.42 bits per heavy atom. The summed E-state index contributed by atoms with van der Waals surface area (Å²) in [6, 6.07) is 6.05. The monoisotopic (exact) mass is 265 g/mol. The van der Waals surface area contributed by atoms with Gasteiger partial charge in [-0.05, 0) is 18.6 Å². The fourth-order valence-electron chi connectivity index (χ4n) is 1.46. The van der Waals surface area contributed by atoms with Crippen LogP contribution in [0.15, 0.2) is 24.3 Å². The Bertz CT molecular complexity index is 498. The predicted octanol–water partition coefficient (Wildman–Crippen LogP) is 1.82. The van der Waals surface area contributed by atoms with Crippen LogP contribution >= 0.6 is 0 Å². The van der Waals surface area contributed by atoms with Crippen molar-refractivity contribution in [3.8, 4) is 0 Å². The zero-order chi connectivity index (χ0) is 14.4. The van der Waals surface area contributed by atoms with Crippen LogP contribution < -0.4 is 5.32 Å². The number of amides is 1. The molecule has 1 aromatic carbocycles. The number of carbonyl (C=O) groups is 3. The third-order valence-electron chi connectivity index (χ3n) is 2.66. The summed E-state index contributed by atoms with van der Waals surface area (Å²) in [7, 11) is 0. The number of carboxylic acid groups (broad SMARTS) is 2. The molecule has 6 nitrogen and oxygen atoms in total. The lowest BCUT2D eigenvalue weighted by Crippen LogP contribution is -2.17. The highest BCUT2D eigenvalue weighted by Crippen LogP contribution is 2.16. The van der Waals surface area contributed by atoms with Crippen LogP contribution in [0.3, 0.4) is 0 Å². The Hall–Kier alpha value is -2.37. The highest BCUT2D eigenvalue weighted by atomic mass is 16.4. The maximum atomic E-state index is 11.6. The maximum absolute atomic E-state index is 11.6. The number of nitrogens with one attached hydrogen (secondary N) is 1. The Morgan fingerprint density at radius 2 is 1.84 bits per heavy atom. The van der Waals surface area contributed by atoms with E-state index < -0.39 is 23.8 Å². The fourth-order valence-corrected chi connectivity index (χ4v) is 1.46. The average Bonchev–Trinajstić information content (AvgIpc) is 2.36. The van der Waals surface area contributed by atoms with Crippen LogP contribution in [0, 0.1) is 5.92 Å². The van der Waals surface area contributed by atoms with Crippen molar-refractivity contribution in [2.45, 2.75) is 19.8 Å². The number of carboxylic acids is 2. The first kappa shape index (κ1) is 14.7. The van der Waals surface area contributed by atoms with Crippen LogP contribution in [-0.2, 0) is 9.59 Å². The van der Waals surface area contributed by atoms with Crippen LogP contribution in [0.1, 0.15) is 30.1 Å². The number of hydrogen-bond acceptors (Lipinski definition) is 3. The van der Waals surface area contributed by atoms with Gasteiger partial charge in [0.2, 0.25) is 5.91 Å². The molecule has 3 N–H and O–H groups in total. The molecule has 0 radical (unpaired) electrons. The molecule has 0 heterocycles. The normalized spacial score (nSPS) is 11.6. The van der Waals surface area contributed by atoms with E-state index in [2.05, 4.69) is 5.32 Å². The molecule has 1 atom stereocenters. The van der Waals surface area contributed by atoms with E-state index in [0.717, 1.165) is 0 Å². The summed E-state index contributed by atoms with van der Waals surface area (Å²) in [5.74, 6) is -3.10. The van der Waals surface area contributed by atoms with E-state index in [1.165, 1.54) is 19.1 Å². The van der Waals surface area contributed by atoms with Gasteiger partial charge in [-0.2, -0.15) is 0 Å². The van der Waals surface area contributed by atoms with E-state index in [0.29, 0.717) is 0 Å². The summed E-state index contributed by atoms with van der Waals surface area (Å²) in [5.41, 5.74) is 0.213. The molecule has 19 heavy (non-hydrogen) atoms. The molecule has 0 spiro atoms. The van der Waals surface area contributed by atoms with Crippen molar-refractivity contribution in [1.82, 2.24) is 0 Å². The minimum atomic E-state index is -1.13. The molecule has 0 saturated carbocycles. The van der Waals surface area contributed by atoms with E-state index >= 15 is 0 Å². The van der Waals surface area contributed by atoms with Crippen LogP contribution in [0.5, 0.6) is 0 Å². The molecule has 0 bridgehead atoms. The second-order valence-corrected chi connectivity index (χ2v) is 4.18. The Kier molecular flexibility index (Phi) is 5.05. The van der Waals surface area contributed by atoms with Gasteiger partial charge in [-0.15, -0.1) is 0 Å². The SMILES string of the molecule is C[C@H](CCC(=O)Nc1ccccc1C(=O)O)C(=O)O. The third-order valence-corrected chi connectivity index (χ3v) is 2.66. The number of carbonyl (C=O) groups excluding carboxylic acids is 1. The van der Waals surface area contributed by atoms with Gasteiger partial charge in [0.25, 0.3) is 0 Å². The number of anilines is 1. The van der Waals surface area contributed by atoms with Crippen molar-refractivity contribution in [2.24, 2.45) is 5.92 Å². The number of para-hydroxylation sites is 1. The Balaban J connectivity index is 2.63. The smallest absolute Gasteiger partial charge is 0.337 e. The molecule has 0 saturated heterocycles. The number of benzene rings is 1. The first-order chi connectivity index (χ1) is 8.91. The fraction of sp³-hybridized carbons (Fsp3) is 0.308. The lowest BCUT2D eigenvalue weighted by atomic mass is 10.1. The van der Waals surface area contributed by atoms with Gasteiger partial charge in [0, 0.05) is 6.42 Å². The van der Waals surface area contributed by atoms with Crippen LogP contribution in [0.4, 0.5) is 5.69 Å². The summed E-state index contributed by atoms with van der Waals surface area (Å²) in [6.45, 7) is 1.51. The molecular formula is C13H15NO5. The van der Waals surface area contributed by atoms with E-state index in [9.17, 15) is 14.4 Å². The lowest BCUT2D eigenvalue weighted by molar-refractivity contribution is -0.141. The van der Waals surface area contributed by atoms with Gasteiger partial charge in [-0.1, -0.05) is 19.1 Å². The van der Waals surface area contributed by atoms with Crippen molar-refractivity contribution >= 4 is 23.5 Å². The first-order valence-electron chi connectivity index (χ1n) is 5.76. The van der Waals surface area contributed by atoms with Crippen molar-refractivity contribution in [1.29, 1.82) is 0 Å². The zero-order valence-electron chi connectivity index (χ0n) is 10.4. The summed E-state index contributed by atoms with van der Waals surface area (Å²) in [4.78, 5) is 33.2.